The highest BCUT2D eigenvalue weighted by atomic mass is 16.6. The van der Waals surface area contributed by atoms with Crippen molar-refractivity contribution in [3.05, 3.63) is 35.9 Å². The molecule has 1 aliphatic rings. The van der Waals surface area contributed by atoms with E-state index >= 15 is 0 Å². The van der Waals surface area contributed by atoms with Crippen molar-refractivity contribution in [3.8, 4) is 0 Å². The normalized spacial score (nSPS) is 17.5. The number of amides is 2. The van der Waals surface area contributed by atoms with Gasteiger partial charge in [-0.1, -0.05) is 44.2 Å². The van der Waals surface area contributed by atoms with E-state index in [1.165, 1.54) is 12.0 Å². The van der Waals surface area contributed by atoms with Crippen LogP contribution in [0.15, 0.2) is 30.3 Å². The number of hydrogen-bond acceptors (Lipinski definition) is 5. The van der Waals surface area contributed by atoms with Crippen LogP contribution in [-0.4, -0.2) is 48.6 Å². The molecule has 0 saturated carbocycles. The number of rotatable bonds is 7. The lowest BCUT2D eigenvalue weighted by atomic mass is 10.0. The first-order valence-corrected chi connectivity index (χ1v) is 9.28. The summed E-state index contributed by atoms with van der Waals surface area (Å²) in [5.74, 6) is -0.613. The minimum atomic E-state index is -0.717. The summed E-state index contributed by atoms with van der Waals surface area (Å²) in [4.78, 5) is 38.5. The summed E-state index contributed by atoms with van der Waals surface area (Å²) in [6.07, 6.45) is 1.21. The highest BCUT2D eigenvalue weighted by Gasteiger charge is 2.37. The van der Waals surface area contributed by atoms with Crippen molar-refractivity contribution < 1.29 is 23.9 Å². The van der Waals surface area contributed by atoms with Crippen LogP contribution in [0, 0.1) is 5.92 Å². The monoisotopic (exact) mass is 376 g/mol. The Bertz CT molecular complexity index is 647. The number of likely N-dealkylation sites (tertiary alicyclic amines) is 1. The van der Waals surface area contributed by atoms with E-state index in [4.69, 9.17) is 9.47 Å². The molecule has 148 valence electrons. The van der Waals surface area contributed by atoms with Crippen LogP contribution < -0.4 is 5.32 Å². The van der Waals surface area contributed by atoms with Crippen LogP contribution in [0.2, 0.25) is 0 Å². The maximum absolute atomic E-state index is 12.7. The van der Waals surface area contributed by atoms with Crippen molar-refractivity contribution in [1.82, 2.24) is 10.2 Å². The van der Waals surface area contributed by atoms with Gasteiger partial charge in [0, 0.05) is 6.54 Å². The molecular formula is C20H28N2O5. The number of nitrogens with zero attached hydrogens (tertiary/aromatic N) is 1. The summed E-state index contributed by atoms with van der Waals surface area (Å²) in [7, 11) is 1.30. The summed E-state index contributed by atoms with van der Waals surface area (Å²) in [5.41, 5.74) is 0.883. The van der Waals surface area contributed by atoms with Crippen LogP contribution in [0.1, 0.15) is 38.7 Å². The Kier molecular flexibility index (Phi) is 7.64. The molecule has 27 heavy (non-hydrogen) atoms. The fourth-order valence-corrected chi connectivity index (χ4v) is 3.16. The minimum absolute atomic E-state index is 0.155. The van der Waals surface area contributed by atoms with Crippen molar-refractivity contribution in [1.29, 1.82) is 0 Å². The Morgan fingerprint density at radius 3 is 2.56 bits per heavy atom. The topological polar surface area (TPSA) is 84.9 Å². The fourth-order valence-electron chi connectivity index (χ4n) is 3.16. The zero-order valence-electron chi connectivity index (χ0n) is 16.1. The van der Waals surface area contributed by atoms with Gasteiger partial charge in [-0.3, -0.25) is 9.69 Å². The van der Waals surface area contributed by atoms with E-state index in [1.807, 2.05) is 44.2 Å². The van der Waals surface area contributed by atoms with Gasteiger partial charge in [0.15, 0.2) is 0 Å². The highest BCUT2D eigenvalue weighted by Crippen LogP contribution is 2.20. The predicted octanol–water partition coefficient (Wildman–Crippen LogP) is 2.49. The molecule has 1 aliphatic heterocycles. The largest absolute Gasteiger partial charge is 0.467 e. The molecule has 1 aromatic rings. The number of ether oxygens (including phenoxy) is 2. The van der Waals surface area contributed by atoms with Gasteiger partial charge >= 0.3 is 12.1 Å². The minimum Gasteiger partial charge on any atom is -0.467 e. The molecule has 2 amide bonds. The van der Waals surface area contributed by atoms with Gasteiger partial charge in [0.1, 0.15) is 18.7 Å². The standard InChI is InChI=1S/C20H28N2O5/c1-14(2)12-16(19(24)26-3)21-18(23)17-10-7-11-22(17)20(25)27-13-15-8-5-4-6-9-15/h4-6,8-9,14,16-17H,7,10-13H2,1-3H3,(H,21,23)/t16-,17-/m1/s1. The molecule has 7 heteroatoms. The van der Waals surface area contributed by atoms with E-state index in [0.29, 0.717) is 25.8 Å². The van der Waals surface area contributed by atoms with Gasteiger partial charge in [-0.2, -0.15) is 0 Å². The van der Waals surface area contributed by atoms with Gasteiger partial charge in [0.25, 0.3) is 0 Å². The molecule has 1 N–H and O–H groups in total. The molecule has 1 saturated heterocycles. The molecule has 0 unspecified atom stereocenters. The number of benzene rings is 1. The summed E-state index contributed by atoms with van der Waals surface area (Å²) >= 11 is 0. The van der Waals surface area contributed by atoms with Gasteiger partial charge < -0.3 is 14.8 Å². The number of nitrogens with one attached hydrogen (secondary N) is 1. The molecular weight excluding hydrogens is 348 g/mol. The molecule has 1 heterocycles. The van der Waals surface area contributed by atoms with E-state index < -0.39 is 24.1 Å². The second-order valence-corrected chi connectivity index (χ2v) is 7.11. The smallest absolute Gasteiger partial charge is 0.410 e. The lowest BCUT2D eigenvalue weighted by molar-refractivity contribution is -0.146. The SMILES string of the molecule is COC(=O)[C@@H](CC(C)C)NC(=O)[C@H]1CCCN1C(=O)OCc1ccccc1. The number of methoxy groups -OCH3 is 1. The fraction of sp³-hybridized carbons (Fsp3) is 0.550. The van der Waals surface area contributed by atoms with Crippen LogP contribution in [0.4, 0.5) is 4.79 Å². The zero-order valence-corrected chi connectivity index (χ0v) is 16.1. The second kappa shape index (κ2) is 9.94. The number of esters is 1. The van der Waals surface area contributed by atoms with Crippen molar-refractivity contribution in [2.75, 3.05) is 13.7 Å². The summed E-state index contributed by atoms with van der Waals surface area (Å²) in [6, 6.07) is 8.02. The first-order valence-electron chi connectivity index (χ1n) is 9.28. The average Bonchev–Trinajstić information content (AvgIpc) is 3.15. The Morgan fingerprint density at radius 2 is 1.93 bits per heavy atom. The summed E-state index contributed by atoms with van der Waals surface area (Å²) in [5, 5.41) is 2.74. The second-order valence-electron chi connectivity index (χ2n) is 7.11. The number of hydrogen-bond donors (Lipinski definition) is 1. The zero-order chi connectivity index (χ0) is 19.8. The van der Waals surface area contributed by atoms with Crippen molar-refractivity contribution >= 4 is 18.0 Å². The molecule has 0 spiro atoms. The van der Waals surface area contributed by atoms with E-state index in [1.54, 1.807) is 0 Å². The third-order valence-corrected chi connectivity index (χ3v) is 4.50. The van der Waals surface area contributed by atoms with E-state index in [9.17, 15) is 14.4 Å². The first kappa shape index (κ1) is 20.7. The van der Waals surface area contributed by atoms with Gasteiger partial charge in [0.2, 0.25) is 5.91 Å². The van der Waals surface area contributed by atoms with Crippen LogP contribution in [-0.2, 0) is 25.7 Å². The van der Waals surface area contributed by atoms with E-state index in [-0.39, 0.29) is 18.4 Å². The molecule has 1 aromatic carbocycles. The van der Waals surface area contributed by atoms with Crippen LogP contribution >= 0.6 is 0 Å². The highest BCUT2D eigenvalue weighted by molar-refractivity contribution is 5.90. The summed E-state index contributed by atoms with van der Waals surface area (Å²) in [6.45, 7) is 4.54. The predicted molar refractivity (Wildman–Crippen MR) is 99.8 cm³/mol. The van der Waals surface area contributed by atoms with Crippen LogP contribution in [0.3, 0.4) is 0 Å². The maximum Gasteiger partial charge on any atom is 0.410 e. The molecule has 2 rings (SSSR count). The maximum atomic E-state index is 12.7. The molecule has 0 aromatic heterocycles. The van der Waals surface area contributed by atoms with Gasteiger partial charge in [0.05, 0.1) is 7.11 Å². The molecule has 1 fully saturated rings. The Hall–Kier alpha value is -2.57. The average molecular weight is 376 g/mol. The number of carbonyl (C=O) groups excluding carboxylic acids is 3. The van der Waals surface area contributed by atoms with Gasteiger partial charge in [-0.15, -0.1) is 0 Å². The molecule has 7 nitrogen and oxygen atoms in total. The Labute approximate surface area is 160 Å². The third-order valence-electron chi connectivity index (χ3n) is 4.50. The molecule has 2 atom stereocenters. The van der Waals surface area contributed by atoms with Crippen molar-refractivity contribution in [2.45, 2.75) is 51.8 Å². The lowest BCUT2D eigenvalue weighted by Gasteiger charge is -2.26. The van der Waals surface area contributed by atoms with E-state index in [2.05, 4.69) is 5.32 Å². The third kappa shape index (κ3) is 5.98. The Balaban J connectivity index is 1.95. The molecule has 0 aliphatic carbocycles. The Morgan fingerprint density at radius 1 is 1.22 bits per heavy atom. The van der Waals surface area contributed by atoms with Crippen LogP contribution in [0.25, 0.3) is 0 Å². The van der Waals surface area contributed by atoms with Crippen molar-refractivity contribution in [3.63, 3.8) is 0 Å². The van der Waals surface area contributed by atoms with E-state index in [0.717, 1.165) is 5.56 Å². The van der Waals surface area contributed by atoms with Crippen molar-refractivity contribution in [2.24, 2.45) is 5.92 Å². The summed E-state index contributed by atoms with van der Waals surface area (Å²) < 4.78 is 10.1. The van der Waals surface area contributed by atoms with Gasteiger partial charge in [-0.05, 0) is 30.7 Å². The molecule has 0 radical (unpaired) electrons. The quantitative estimate of drug-likeness (QED) is 0.739. The van der Waals surface area contributed by atoms with Crippen LogP contribution in [0.5, 0.6) is 0 Å². The first-order chi connectivity index (χ1) is 12.9. The number of carbonyl (C=O) groups is 3. The molecule has 0 bridgehead atoms. The van der Waals surface area contributed by atoms with Gasteiger partial charge in [-0.25, -0.2) is 9.59 Å². The lowest BCUT2D eigenvalue weighted by Crippen LogP contribution is -2.51.